The van der Waals surface area contributed by atoms with Crippen molar-refractivity contribution < 1.29 is 9.47 Å². The molecule has 20 heavy (non-hydrogen) atoms. The first-order valence-corrected chi connectivity index (χ1v) is 6.75. The first-order chi connectivity index (χ1) is 9.88. The molecule has 0 bridgehead atoms. The summed E-state index contributed by atoms with van der Waals surface area (Å²) in [4.78, 5) is 3.99. The molecule has 5 nitrogen and oxygen atoms in total. The van der Waals surface area contributed by atoms with Gasteiger partial charge in [0.15, 0.2) is 0 Å². The fourth-order valence-electron chi connectivity index (χ4n) is 1.80. The highest BCUT2D eigenvalue weighted by molar-refractivity contribution is 5.27. The van der Waals surface area contributed by atoms with Gasteiger partial charge >= 0.3 is 0 Å². The number of methoxy groups -OCH3 is 1. The molecule has 1 heterocycles. The molecule has 0 aliphatic carbocycles. The third-order valence-corrected chi connectivity index (χ3v) is 2.91. The van der Waals surface area contributed by atoms with Crippen LogP contribution in [0.1, 0.15) is 5.56 Å². The lowest BCUT2D eigenvalue weighted by Gasteiger charge is -2.08. The molecule has 0 aliphatic heterocycles. The summed E-state index contributed by atoms with van der Waals surface area (Å²) in [5, 5.41) is 3.31. The third kappa shape index (κ3) is 5.03. The van der Waals surface area contributed by atoms with Crippen molar-refractivity contribution in [2.45, 2.75) is 13.1 Å². The largest absolute Gasteiger partial charge is 0.492 e. The summed E-state index contributed by atoms with van der Waals surface area (Å²) >= 11 is 0. The van der Waals surface area contributed by atoms with Gasteiger partial charge in [-0.25, -0.2) is 4.98 Å². The summed E-state index contributed by atoms with van der Waals surface area (Å²) in [5.41, 5.74) is 1.24. The predicted octanol–water partition coefficient (Wildman–Crippen LogP) is 1.70. The molecular weight excluding hydrogens is 254 g/mol. The molecule has 5 heteroatoms. The van der Waals surface area contributed by atoms with E-state index in [1.165, 1.54) is 5.56 Å². The Labute approximate surface area is 119 Å². The highest BCUT2D eigenvalue weighted by Gasteiger charge is 1.96. The van der Waals surface area contributed by atoms with E-state index in [-0.39, 0.29) is 0 Å². The highest BCUT2D eigenvalue weighted by atomic mass is 16.5. The molecule has 0 saturated heterocycles. The van der Waals surface area contributed by atoms with Gasteiger partial charge in [-0.2, -0.15) is 0 Å². The van der Waals surface area contributed by atoms with E-state index in [1.54, 1.807) is 19.6 Å². The van der Waals surface area contributed by atoms with E-state index in [1.807, 2.05) is 22.9 Å². The van der Waals surface area contributed by atoms with Crippen LogP contribution >= 0.6 is 0 Å². The van der Waals surface area contributed by atoms with Crippen LogP contribution in [-0.4, -0.2) is 36.4 Å². The van der Waals surface area contributed by atoms with Gasteiger partial charge in [0.25, 0.3) is 0 Å². The van der Waals surface area contributed by atoms with Crippen molar-refractivity contribution in [3.05, 3.63) is 48.5 Å². The molecule has 0 atom stereocenters. The monoisotopic (exact) mass is 275 g/mol. The molecule has 0 fully saturated rings. The number of aromatic nitrogens is 2. The van der Waals surface area contributed by atoms with Crippen molar-refractivity contribution >= 4 is 0 Å². The minimum absolute atomic E-state index is 0.641. The van der Waals surface area contributed by atoms with Crippen molar-refractivity contribution in [3.8, 4) is 5.75 Å². The van der Waals surface area contributed by atoms with E-state index >= 15 is 0 Å². The number of ether oxygens (including phenoxy) is 2. The van der Waals surface area contributed by atoms with Crippen LogP contribution in [0.25, 0.3) is 0 Å². The molecule has 2 rings (SSSR count). The van der Waals surface area contributed by atoms with E-state index < -0.39 is 0 Å². The average Bonchev–Trinajstić information content (AvgIpc) is 2.98. The summed E-state index contributed by atoms with van der Waals surface area (Å²) in [5.74, 6) is 0.894. The Bertz CT molecular complexity index is 468. The number of hydrogen-bond donors (Lipinski definition) is 1. The Morgan fingerprint density at radius 2 is 2.05 bits per heavy atom. The molecule has 108 valence electrons. The molecule has 1 aromatic heterocycles. The lowest BCUT2D eigenvalue weighted by molar-refractivity contribution is 0.199. The first kappa shape index (κ1) is 14.6. The van der Waals surface area contributed by atoms with E-state index in [4.69, 9.17) is 9.47 Å². The zero-order valence-electron chi connectivity index (χ0n) is 11.8. The number of hydrogen-bond acceptors (Lipinski definition) is 4. The molecule has 0 unspecified atom stereocenters. The predicted molar refractivity (Wildman–Crippen MR) is 77.7 cm³/mol. The van der Waals surface area contributed by atoms with E-state index in [9.17, 15) is 0 Å². The van der Waals surface area contributed by atoms with Crippen molar-refractivity contribution in [1.29, 1.82) is 0 Å². The van der Waals surface area contributed by atoms with Crippen LogP contribution in [0.5, 0.6) is 5.75 Å². The molecule has 0 amide bonds. The van der Waals surface area contributed by atoms with Crippen LogP contribution in [0.2, 0.25) is 0 Å². The van der Waals surface area contributed by atoms with Gasteiger partial charge in [0.05, 0.1) is 19.5 Å². The number of imidazole rings is 1. The van der Waals surface area contributed by atoms with Gasteiger partial charge in [-0.3, -0.25) is 0 Å². The maximum atomic E-state index is 5.69. The zero-order valence-corrected chi connectivity index (χ0v) is 11.8. The summed E-state index contributed by atoms with van der Waals surface area (Å²) < 4.78 is 12.7. The smallest absolute Gasteiger partial charge is 0.119 e. The number of nitrogens with zero attached hydrogens (tertiary/aromatic N) is 2. The minimum atomic E-state index is 0.641. The first-order valence-electron chi connectivity index (χ1n) is 6.75. The standard InChI is InChI=1S/C15H21N3O2/c1-19-10-7-16-12-14-2-4-15(5-3-14)20-11-9-18-8-6-17-13-18/h2-6,8,13,16H,7,9-12H2,1H3. The summed E-state index contributed by atoms with van der Waals surface area (Å²) in [6.07, 6.45) is 5.49. The van der Waals surface area contributed by atoms with Gasteiger partial charge in [0.2, 0.25) is 0 Å². The van der Waals surface area contributed by atoms with Gasteiger partial charge < -0.3 is 19.4 Å². The molecule has 0 aliphatic rings. The van der Waals surface area contributed by atoms with Crippen molar-refractivity contribution in [2.75, 3.05) is 26.9 Å². The molecule has 1 N–H and O–H groups in total. The maximum Gasteiger partial charge on any atom is 0.119 e. The van der Waals surface area contributed by atoms with Gasteiger partial charge in [-0.15, -0.1) is 0 Å². The number of benzene rings is 1. The lowest BCUT2D eigenvalue weighted by atomic mass is 10.2. The number of rotatable bonds is 9. The van der Waals surface area contributed by atoms with Crippen molar-refractivity contribution in [1.82, 2.24) is 14.9 Å². The Balaban J connectivity index is 1.68. The topological polar surface area (TPSA) is 48.3 Å². The van der Waals surface area contributed by atoms with Crippen LogP contribution in [0, 0.1) is 0 Å². The second-order valence-electron chi connectivity index (χ2n) is 4.46. The van der Waals surface area contributed by atoms with Crippen LogP contribution in [0.15, 0.2) is 43.0 Å². The second kappa shape index (κ2) is 8.35. The second-order valence-corrected chi connectivity index (χ2v) is 4.46. The fourth-order valence-corrected chi connectivity index (χ4v) is 1.80. The fraction of sp³-hybridized carbons (Fsp3) is 0.400. The van der Waals surface area contributed by atoms with Crippen LogP contribution in [0.3, 0.4) is 0 Å². The minimum Gasteiger partial charge on any atom is -0.492 e. The average molecular weight is 275 g/mol. The van der Waals surface area contributed by atoms with Gasteiger partial charge in [0.1, 0.15) is 12.4 Å². The van der Waals surface area contributed by atoms with E-state index in [0.717, 1.165) is 32.0 Å². The Morgan fingerprint density at radius 1 is 1.20 bits per heavy atom. The quantitative estimate of drug-likeness (QED) is 0.708. The van der Waals surface area contributed by atoms with Crippen LogP contribution < -0.4 is 10.1 Å². The van der Waals surface area contributed by atoms with Crippen molar-refractivity contribution in [2.24, 2.45) is 0 Å². The summed E-state index contributed by atoms with van der Waals surface area (Å²) in [6, 6.07) is 8.15. The Hall–Kier alpha value is -1.85. The molecule has 2 aromatic rings. The van der Waals surface area contributed by atoms with Crippen molar-refractivity contribution in [3.63, 3.8) is 0 Å². The molecule has 0 radical (unpaired) electrons. The summed E-state index contributed by atoms with van der Waals surface area (Å²) in [7, 11) is 1.71. The number of nitrogens with one attached hydrogen (secondary N) is 1. The molecular formula is C15H21N3O2. The molecule has 1 aromatic carbocycles. The van der Waals surface area contributed by atoms with Gasteiger partial charge in [-0.05, 0) is 17.7 Å². The van der Waals surface area contributed by atoms with Gasteiger partial charge in [-0.1, -0.05) is 12.1 Å². The molecule has 0 spiro atoms. The van der Waals surface area contributed by atoms with Crippen LogP contribution in [0.4, 0.5) is 0 Å². The normalized spacial score (nSPS) is 10.7. The maximum absolute atomic E-state index is 5.69. The Kier molecular flexibility index (Phi) is 6.07. The van der Waals surface area contributed by atoms with E-state index in [0.29, 0.717) is 6.61 Å². The van der Waals surface area contributed by atoms with E-state index in [2.05, 4.69) is 22.4 Å². The third-order valence-electron chi connectivity index (χ3n) is 2.91. The molecule has 0 saturated carbocycles. The summed E-state index contributed by atoms with van der Waals surface area (Å²) in [6.45, 7) is 3.88. The van der Waals surface area contributed by atoms with Gasteiger partial charge in [0, 0.05) is 32.6 Å². The lowest BCUT2D eigenvalue weighted by Crippen LogP contribution is -2.18. The highest BCUT2D eigenvalue weighted by Crippen LogP contribution is 2.12. The SMILES string of the molecule is COCCNCc1ccc(OCCn2ccnc2)cc1. The zero-order chi connectivity index (χ0) is 14.0. The van der Waals surface area contributed by atoms with Crippen LogP contribution in [-0.2, 0) is 17.8 Å². The Morgan fingerprint density at radius 3 is 2.75 bits per heavy atom.